The van der Waals surface area contributed by atoms with Gasteiger partial charge in [0, 0.05) is 9.86 Å². The molecule has 0 saturated heterocycles. The lowest BCUT2D eigenvalue weighted by atomic mass is 10.1. The van der Waals surface area contributed by atoms with E-state index in [-0.39, 0.29) is 6.10 Å². The van der Waals surface area contributed by atoms with Gasteiger partial charge in [-0.25, -0.2) is 0 Å². The van der Waals surface area contributed by atoms with Crippen molar-refractivity contribution in [2.75, 3.05) is 5.73 Å². The molecule has 2 N–H and O–H groups in total. The fraction of sp³-hybridized carbons (Fsp3) is 0.357. The standard InChI is InChI=1S/C14H17BrN2O/c1-8(2)9(3)18-14-11-6-10(15)4-5-13(11)17-7-12(14)16/h4-9H,16H2,1-3H3. The molecule has 1 unspecified atom stereocenters. The Bertz CT molecular complexity index is 564. The van der Waals surface area contributed by atoms with E-state index < -0.39 is 0 Å². The van der Waals surface area contributed by atoms with Gasteiger partial charge in [-0.2, -0.15) is 0 Å². The van der Waals surface area contributed by atoms with Gasteiger partial charge in [0.2, 0.25) is 0 Å². The predicted octanol–water partition coefficient (Wildman–Crippen LogP) is 4.00. The maximum atomic E-state index is 5.99. The van der Waals surface area contributed by atoms with Crippen LogP contribution in [0.15, 0.2) is 28.9 Å². The van der Waals surface area contributed by atoms with Gasteiger partial charge in [-0.3, -0.25) is 4.98 Å². The average molecular weight is 309 g/mol. The fourth-order valence-corrected chi connectivity index (χ4v) is 1.97. The van der Waals surface area contributed by atoms with Crippen molar-refractivity contribution in [3.8, 4) is 5.75 Å². The Hall–Kier alpha value is -1.29. The van der Waals surface area contributed by atoms with Crippen LogP contribution in [0.4, 0.5) is 5.69 Å². The lowest BCUT2D eigenvalue weighted by molar-refractivity contribution is 0.173. The van der Waals surface area contributed by atoms with E-state index in [1.54, 1.807) is 6.20 Å². The second-order valence-corrected chi connectivity index (χ2v) is 5.69. The summed E-state index contributed by atoms with van der Waals surface area (Å²) < 4.78 is 6.98. The fourth-order valence-electron chi connectivity index (χ4n) is 1.61. The number of fused-ring (bicyclic) bond motifs is 1. The van der Waals surface area contributed by atoms with Gasteiger partial charge < -0.3 is 10.5 Å². The third-order valence-corrected chi connectivity index (χ3v) is 3.54. The minimum absolute atomic E-state index is 0.108. The van der Waals surface area contributed by atoms with Gasteiger partial charge in [-0.1, -0.05) is 29.8 Å². The SMILES string of the molecule is CC(C)C(C)Oc1c(N)cnc2ccc(Br)cc12. The van der Waals surface area contributed by atoms with Crippen LogP contribution >= 0.6 is 15.9 Å². The topological polar surface area (TPSA) is 48.1 Å². The zero-order valence-electron chi connectivity index (χ0n) is 10.8. The van der Waals surface area contributed by atoms with Crippen LogP contribution in [0, 0.1) is 5.92 Å². The van der Waals surface area contributed by atoms with Gasteiger partial charge in [0.15, 0.2) is 5.75 Å². The summed E-state index contributed by atoms with van der Waals surface area (Å²) in [6.45, 7) is 6.30. The monoisotopic (exact) mass is 308 g/mol. The quantitative estimate of drug-likeness (QED) is 0.932. The minimum atomic E-state index is 0.108. The van der Waals surface area contributed by atoms with Crippen LogP contribution in [0.2, 0.25) is 0 Å². The lowest BCUT2D eigenvalue weighted by Gasteiger charge is -2.20. The number of hydrogen-bond donors (Lipinski definition) is 1. The van der Waals surface area contributed by atoms with Gasteiger partial charge in [0.25, 0.3) is 0 Å². The van der Waals surface area contributed by atoms with Crippen molar-refractivity contribution in [1.29, 1.82) is 0 Å². The minimum Gasteiger partial charge on any atom is -0.488 e. The van der Waals surface area contributed by atoms with Crippen molar-refractivity contribution < 1.29 is 4.74 Å². The summed E-state index contributed by atoms with van der Waals surface area (Å²) in [5, 5.41) is 0.942. The molecule has 4 heteroatoms. The molecule has 0 saturated carbocycles. The first kappa shape index (κ1) is 13.1. The summed E-state index contributed by atoms with van der Waals surface area (Å²) in [7, 11) is 0. The number of benzene rings is 1. The number of aromatic nitrogens is 1. The maximum Gasteiger partial charge on any atom is 0.153 e. The molecular weight excluding hydrogens is 292 g/mol. The van der Waals surface area contributed by atoms with E-state index in [0.717, 1.165) is 21.1 Å². The smallest absolute Gasteiger partial charge is 0.153 e. The van der Waals surface area contributed by atoms with Crippen LogP contribution in [0.5, 0.6) is 5.75 Å². The summed E-state index contributed by atoms with van der Waals surface area (Å²) in [4.78, 5) is 4.31. The van der Waals surface area contributed by atoms with Crippen LogP contribution in [0.25, 0.3) is 10.9 Å². The molecule has 0 amide bonds. The Morgan fingerprint density at radius 2 is 2.00 bits per heavy atom. The van der Waals surface area contributed by atoms with Crippen molar-refractivity contribution in [3.05, 3.63) is 28.9 Å². The van der Waals surface area contributed by atoms with Crippen LogP contribution in [0.1, 0.15) is 20.8 Å². The third-order valence-electron chi connectivity index (χ3n) is 3.05. The molecule has 2 rings (SSSR count). The first-order chi connectivity index (χ1) is 8.49. The highest BCUT2D eigenvalue weighted by atomic mass is 79.9. The maximum absolute atomic E-state index is 5.99. The Balaban J connectivity index is 2.53. The molecule has 1 aromatic heterocycles. The first-order valence-electron chi connectivity index (χ1n) is 5.99. The molecule has 0 fully saturated rings. The van der Waals surface area contributed by atoms with E-state index in [9.17, 15) is 0 Å². The predicted molar refractivity (Wildman–Crippen MR) is 78.8 cm³/mol. The van der Waals surface area contributed by atoms with E-state index in [1.165, 1.54) is 0 Å². The molecule has 1 aromatic carbocycles. The molecule has 3 nitrogen and oxygen atoms in total. The lowest BCUT2D eigenvalue weighted by Crippen LogP contribution is -2.19. The van der Waals surface area contributed by atoms with E-state index in [4.69, 9.17) is 10.5 Å². The number of nitrogens with two attached hydrogens (primary N) is 1. The largest absolute Gasteiger partial charge is 0.488 e. The highest BCUT2D eigenvalue weighted by Gasteiger charge is 2.14. The second kappa shape index (κ2) is 5.14. The van der Waals surface area contributed by atoms with Gasteiger partial charge in [-0.05, 0) is 31.0 Å². The molecule has 0 aliphatic heterocycles. The Kier molecular flexibility index (Phi) is 3.76. The number of nitrogens with zero attached hydrogens (tertiary/aromatic N) is 1. The molecule has 0 bridgehead atoms. The summed E-state index contributed by atoms with van der Waals surface area (Å²) in [5.74, 6) is 1.15. The van der Waals surface area contributed by atoms with E-state index in [0.29, 0.717) is 11.6 Å². The van der Waals surface area contributed by atoms with Crippen LogP contribution in [0.3, 0.4) is 0 Å². The third kappa shape index (κ3) is 2.58. The van der Waals surface area contributed by atoms with Crippen molar-refractivity contribution in [2.24, 2.45) is 5.92 Å². The van der Waals surface area contributed by atoms with Gasteiger partial charge in [0.05, 0.1) is 23.5 Å². The Labute approximate surface area is 115 Å². The number of anilines is 1. The molecule has 96 valence electrons. The number of hydrogen-bond acceptors (Lipinski definition) is 3. The van der Waals surface area contributed by atoms with E-state index >= 15 is 0 Å². The van der Waals surface area contributed by atoms with Gasteiger partial charge in [-0.15, -0.1) is 0 Å². The Morgan fingerprint density at radius 3 is 2.67 bits per heavy atom. The van der Waals surface area contributed by atoms with Crippen molar-refractivity contribution in [1.82, 2.24) is 4.98 Å². The molecule has 1 atom stereocenters. The zero-order chi connectivity index (χ0) is 13.3. The molecule has 18 heavy (non-hydrogen) atoms. The second-order valence-electron chi connectivity index (χ2n) is 4.77. The molecule has 0 aliphatic rings. The zero-order valence-corrected chi connectivity index (χ0v) is 12.4. The van der Waals surface area contributed by atoms with Crippen LogP contribution < -0.4 is 10.5 Å². The van der Waals surface area contributed by atoms with E-state index in [1.807, 2.05) is 25.1 Å². The van der Waals surface area contributed by atoms with Crippen molar-refractivity contribution in [2.45, 2.75) is 26.9 Å². The highest BCUT2D eigenvalue weighted by molar-refractivity contribution is 9.10. The van der Waals surface area contributed by atoms with Crippen molar-refractivity contribution >= 4 is 32.5 Å². The Morgan fingerprint density at radius 1 is 1.28 bits per heavy atom. The molecule has 0 aliphatic carbocycles. The number of rotatable bonds is 3. The normalized spacial score (nSPS) is 12.9. The van der Waals surface area contributed by atoms with E-state index in [2.05, 4.69) is 34.8 Å². The molecule has 2 aromatic rings. The first-order valence-corrected chi connectivity index (χ1v) is 6.78. The van der Waals surface area contributed by atoms with Gasteiger partial charge >= 0.3 is 0 Å². The summed E-state index contributed by atoms with van der Waals surface area (Å²) in [6.07, 6.45) is 1.76. The number of ether oxygens (including phenoxy) is 1. The summed E-state index contributed by atoms with van der Waals surface area (Å²) in [5.41, 5.74) is 7.45. The molecule has 0 spiro atoms. The highest BCUT2D eigenvalue weighted by Crippen LogP contribution is 2.33. The summed E-state index contributed by atoms with van der Waals surface area (Å²) >= 11 is 3.46. The van der Waals surface area contributed by atoms with Crippen molar-refractivity contribution in [3.63, 3.8) is 0 Å². The molecule has 1 heterocycles. The van der Waals surface area contributed by atoms with Crippen LogP contribution in [-0.2, 0) is 0 Å². The number of halogens is 1. The summed E-state index contributed by atoms with van der Waals surface area (Å²) in [6, 6.07) is 5.90. The van der Waals surface area contributed by atoms with Gasteiger partial charge in [0.1, 0.15) is 0 Å². The molecular formula is C14H17BrN2O. The number of pyridine rings is 1. The number of nitrogen functional groups attached to an aromatic ring is 1. The van der Waals surface area contributed by atoms with Crippen LogP contribution in [-0.4, -0.2) is 11.1 Å². The average Bonchev–Trinajstić information content (AvgIpc) is 2.32. The molecule has 0 radical (unpaired) electrons.